The highest BCUT2D eigenvalue weighted by atomic mass is 35.5. The van der Waals surface area contributed by atoms with Gasteiger partial charge in [0, 0.05) is 18.6 Å². The van der Waals surface area contributed by atoms with Crippen molar-refractivity contribution >= 4 is 17.5 Å². The molecule has 1 aromatic carbocycles. The topological polar surface area (TPSA) is 51.0 Å². The zero-order valence-corrected chi connectivity index (χ0v) is 14.1. The van der Waals surface area contributed by atoms with E-state index < -0.39 is 0 Å². The molecule has 0 radical (unpaired) electrons. The number of aromatic nitrogens is 3. The predicted molar refractivity (Wildman–Crippen MR) is 87.5 cm³/mol. The first-order valence-electron chi connectivity index (χ1n) is 7.34. The van der Waals surface area contributed by atoms with Gasteiger partial charge in [0.25, 0.3) is 5.91 Å². The van der Waals surface area contributed by atoms with Crippen molar-refractivity contribution in [1.82, 2.24) is 19.9 Å². The summed E-state index contributed by atoms with van der Waals surface area (Å²) in [7, 11) is 1.79. The monoisotopic (exact) mass is 320 g/mol. The van der Waals surface area contributed by atoms with Crippen molar-refractivity contribution in [2.24, 2.45) is 5.92 Å². The Labute approximate surface area is 135 Å². The Bertz CT molecular complexity index is 666. The average Bonchev–Trinajstić information content (AvgIpc) is 2.86. The van der Waals surface area contributed by atoms with Crippen LogP contribution < -0.4 is 0 Å². The minimum Gasteiger partial charge on any atom is -0.340 e. The molecule has 1 heterocycles. The first-order chi connectivity index (χ1) is 10.4. The van der Waals surface area contributed by atoms with Gasteiger partial charge in [-0.2, -0.15) is 9.90 Å². The maximum Gasteiger partial charge on any atom is 0.276 e. The van der Waals surface area contributed by atoms with Crippen molar-refractivity contribution < 1.29 is 4.79 Å². The second kappa shape index (κ2) is 6.92. The van der Waals surface area contributed by atoms with Crippen molar-refractivity contribution in [3.63, 3.8) is 0 Å². The van der Waals surface area contributed by atoms with Crippen LogP contribution in [0.3, 0.4) is 0 Å². The van der Waals surface area contributed by atoms with Crippen molar-refractivity contribution in [3.8, 4) is 5.69 Å². The van der Waals surface area contributed by atoms with E-state index in [4.69, 9.17) is 11.6 Å². The molecule has 1 amide bonds. The van der Waals surface area contributed by atoms with E-state index >= 15 is 0 Å². The van der Waals surface area contributed by atoms with Crippen molar-refractivity contribution in [2.75, 3.05) is 13.6 Å². The number of aryl methyl sites for hydroxylation is 1. The maximum atomic E-state index is 12.5. The van der Waals surface area contributed by atoms with E-state index in [1.54, 1.807) is 31.0 Å². The first kappa shape index (κ1) is 16.5. The molecule has 6 heteroatoms. The molecule has 118 valence electrons. The molecule has 0 aliphatic carbocycles. The van der Waals surface area contributed by atoms with E-state index in [0.29, 0.717) is 28.9 Å². The summed E-state index contributed by atoms with van der Waals surface area (Å²) in [4.78, 5) is 15.6. The normalized spacial score (nSPS) is 11.0. The third-order valence-electron chi connectivity index (χ3n) is 3.41. The van der Waals surface area contributed by atoms with Gasteiger partial charge in [0.1, 0.15) is 0 Å². The van der Waals surface area contributed by atoms with Crippen LogP contribution >= 0.6 is 11.6 Å². The van der Waals surface area contributed by atoms with Gasteiger partial charge in [-0.1, -0.05) is 31.5 Å². The molecule has 0 unspecified atom stereocenters. The zero-order valence-electron chi connectivity index (χ0n) is 13.4. The minimum absolute atomic E-state index is 0.105. The van der Waals surface area contributed by atoms with Crippen LogP contribution in [0, 0.1) is 12.8 Å². The van der Waals surface area contributed by atoms with Gasteiger partial charge < -0.3 is 4.90 Å². The zero-order chi connectivity index (χ0) is 16.3. The minimum atomic E-state index is -0.105. The highest BCUT2D eigenvalue weighted by Crippen LogP contribution is 2.15. The number of amides is 1. The van der Waals surface area contributed by atoms with Gasteiger partial charge in [-0.25, -0.2) is 0 Å². The van der Waals surface area contributed by atoms with E-state index in [2.05, 4.69) is 24.0 Å². The number of halogens is 1. The molecular weight excluding hydrogens is 300 g/mol. The van der Waals surface area contributed by atoms with Gasteiger partial charge in [0.2, 0.25) is 0 Å². The summed E-state index contributed by atoms with van der Waals surface area (Å²) in [5.74, 6) is 0.449. The largest absolute Gasteiger partial charge is 0.340 e. The van der Waals surface area contributed by atoms with Gasteiger partial charge in [-0.3, -0.25) is 4.79 Å². The number of rotatable bonds is 5. The SMILES string of the molecule is Cc1nn(-c2cccc(Cl)c2)nc1C(=O)N(C)CCC(C)C. The molecule has 0 atom stereocenters. The smallest absolute Gasteiger partial charge is 0.276 e. The summed E-state index contributed by atoms with van der Waals surface area (Å²) >= 11 is 5.98. The Morgan fingerprint density at radius 1 is 1.36 bits per heavy atom. The van der Waals surface area contributed by atoms with Crippen LogP contribution in [0.25, 0.3) is 5.69 Å². The van der Waals surface area contributed by atoms with Gasteiger partial charge in [-0.05, 0) is 37.5 Å². The first-order valence-corrected chi connectivity index (χ1v) is 7.71. The lowest BCUT2D eigenvalue weighted by molar-refractivity contribution is 0.0782. The molecule has 2 rings (SSSR count). The molecule has 0 N–H and O–H groups in total. The highest BCUT2D eigenvalue weighted by Gasteiger charge is 2.20. The number of carbonyl (C=O) groups excluding carboxylic acids is 1. The van der Waals surface area contributed by atoms with Crippen LogP contribution in [-0.4, -0.2) is 39.4 Å². The molecular formula is C16H21ClN4O. The predicted octanol–water partition coefficient (Wildman–Crippen LogP) is 3.35. The molecule has 22 heavy (non-hydrogen) atoms. The number of carbonyl (C=O) groups is 1. The van der Waals surface area contributed by atoms with E-state index in [-0.39, 0.29) is 5.91 Å². The lowest BCUT2D eigenvalue weighted by atomic mass is 10.1. The fourth-order valence-corrected chi connectivity index (χ4v) is 2.21. The second-order valence-corrected chi connectivity index (χ2v) is 6.25. The molecule has 5 nitrogen and oxygen atoms in total. The van der Waals surface area contributed by atoms with Crippen molar-refractivity contribution in [3.05, 3.63) is 40.7 Å². The van der Waals surface area contributed by atoms with Crippen LogP contribution in [0.1, 0.15) is 36.5 Å². The van der Waals surface area contributed by atoms with Gasteiger partial charge in [0.15, 0.2) is 5.69 Å². The molecule has 0 saturated heterocycles. The summed E-state index contributed by atoms with van der Waals surface area (Å²) in [5, 5.41) is 9.25. The van der Waals surface area contributed by atoms with Crippen LogP contribution in [0.5, 0.6) is 0 Å². The Kier molecular flexibility index (Phi) is 5.19. The van der Waals surface area contributed by atoms with E-state index in [1.807, 2.05) is 12.1 Å². The second-order valence-electron chi connectivity index (χ2n) is 5.81. The lowest BCUT2D eigenvalue weighted by Gasteiger charge is -2.17. The van der Waals surface area contributed by atoms with Crippen molar-refractivity contribution in [2.45, 2.75) is 27.2 Å². The molecule has 2 aromatic rings. The molecule has 0 saturated carbocycles. The Morgan fingerprint density at radius 3 is 2.73 bits per heavy atom. The van der Waals surface area contributed by atoms with E-state index in [1.165, 1.54) is 4.80 Å². The molecule has 1 aromatic heterocycles. The van der Waals surface area contributed by atoms with Gasteiger partial charge in [-0.15, -0.1) is 5.10 Å². The summed E-state index contributed by atoms with van der Waals surface area (Å²) in [6.07, 6.45) is 0.962. The summed E-state index contributed by atoms with van der Waals surface area (Å²) in [5.41, 5.74) is 1.73. The summed E-state index contributed by atoms with van der Waals surface area (Å²) in [6, 6.07) is 7.22. The Morgan fingerprint density at radius 2 is 2.09 bits per heavy atom. The average molecular weight is 321 g/mol. The van der Waals surface area contributed by atoms with E-state index in [9.17, 15) is 4.79 Å². The summed E-state index contributed by atoms with van der Waals surface area (Å²) in [6.45, 7) is 6.77. The van der Waals surface area contributed by atoms with Crippen molar-refractivity contribution in [1.29, 1.82) is 0 Å². The maximum absolute atomic E-state index is 12.5. The highest BCUT2D eigenvalue weighted by molar-refractivity contribution is 6.30. The van der Waals surface area contributed by atoms with E-state index in [0.717, 1.165) is 12.1 Å². The molecule has 0 aliphatic rings. The van der Waals surface area contributed by atoms with Crippen LogP contribution in [0.15, 0.2) is 24.3 Å². The molecule has 0 bridgehead atoms. The number of nitrogens with zero attached hydrogens (tertiary/aromatic N) is 4. The molecule has 0 spiro atoms. The molecule has 0 aliphatic heterocycles. The van der Waals surface area contributed by atoms with Crippen LogP contribution in [0.2, 0.25) is 5.02 Å². The Hall–Kier alpha value is -1.88. The quantitative estimate of drug-likeness (QED) is 0.849. The Balaban J connectivity index is 2.21. The fourth-order valence-electron chi connectivity index (χ4n) is 2.03. The third kappa shape index (κ3) is 3.85. The van der Waals surface area contributed by atoms with Crippen LogP contribution in [0.4, 0.5) is 0 Å². The summed E-state index contributed by atoms with van der Waals surface area (Å²) < 4.78 is 0. The third-order valence-corrected chi connectivity index (χ3v) is 3.65. The molecule has 0 fully saturated rings. The lowest BCUT2D eigenvalue weighted by Crippen LogP contribution is -2.29. The fraction of sp³-hybridized carbons (Fsp3) is 0.438. The number of hydrogen-bond acceptors (Lipinski definition) is 3. The number of hydrogen-bond donors (Lipinski definition) is 0. The standard InChI is InChI=1S/C16H21ClN4O/c1-11(2)8-9-20(4)16(22)15-12(3)18-21(19-15)14-7-5-6-13(17)10-14/h5-7,10-11H,8-9H2,1-4H3. The van der Waals surface area contributed by atoms with Crippen LogP contribution in [-0.2, 0) is 0 Å². The van der Waals surface area contributed by atoms with Gasteiger partial charge >= 0.3 is 0 Å². The van der Waals surface area contributed by atoms with Gasteiger partial charge in [0.05, 0.1) is 11.4 Å². The number of benzene rings is 1.